The average molecular weight is 342 g/mol. The summed E-state index contributed by atoms with van der Waals surface area (Å²) in [6.07, 6.45) is 0. The predicted octanol–water partition coefficient (Wildman–Crippen LogP) is 4.46. The largest absolute Gasteiger partial charge is 0.387 e. The van der Waals surface area contributed by atoms with Gasteiger partial charge in [-0.25, -0.2) is 0 Å². The van der Waals surface area contributed by atoms with E-state index < -0.39 is 0 Å². The number of halogens is 3. The van der Waals surface area contributed by atoms with Crippen LogP contribution in [0, 0.1) is 5.39 Å². The van der Waals surface area contributed by atoms with Crippen LogP contribution in [0.3, 0.4) is 0 Å². The fraction of sp³-hybridized carbons (Fsp3) is 0. The zero-order valence-corrected chi connectivity index (χ0v) is 9.94. The zero-order chi connectivity index (χ0) is 8.43. The number of diazo groups is 1. The van der Waals surface area contributed by atoms with E-state index in [0.29, 0.717) is 5.69 Å². The van der Waals surface area contributed by atoms with E-state index in [0.717, 1.165) is 13.4 Å². The first-order valence-corrected chi connectivity index (χ1v) is 5.02. The molecule has 5 heteroatoms. The van der Waals surface area contributed by atoms with E-state index in [1.165, 1.54) is 0 Å². The highest BCUT2D eigenvalue weighted by atomic mass is 79.9. The van der Waals surface area contributed by atoms with Gasteiger partial charge in [-0.3, -0.25) is 0 Å². The van der Waals surface area contributed by atoms with Crippen molar-refractivity contribution in [2.24, 2.45) is 0 Å². The van der Waals surface area contributed by atoms with Crippen LogP contribution in [0.4, 0.5) is 5.69 Å². The summed E-state index contributed by atoms with van der Waals surface area (Å²) in [6.45, 7) is 0. The molecule has 0 N–H and O–H groups in total. The summed E-state index contributed by atoms with van der Waals surface area (Å²) in [5.74, 6) is 0. The summed E-state index contributed by atoms with van der Waals surface area (Å²) in [7, 11) is 0. The Bertz CT molecular complexity index is 306. The zero-order valence-electron chi connectivity index (χ0n) is 5.18. The van der Waals surface area contributed by atoms with Gasteiger partial charge in [0.15, 0.2) is 4.98 Å². The van der Waals surface area contributed by atoms with Gasteiger partial charge < -0.3 is 0 Å². The minimum Gasteiger partial charge on any atom is -0.0493 e. The molecular weight excluding hydrogens is 340 g/mol. The van der Waals surface area contributed by atoms with Crippen molar-refractivity contribution < 1.29 is 0 Å². The van der Waals surface area contributed by atoms with Gasteiger partial charge in [0.25, 0.3) is 0 Å². The van der Waals surface area contributed by atoms with Crippen molar-refractivity contribution in [3.8, 4) is 0 Å². The topological polar surface area (TPSA) is 28.1 Å². The summed E-state index contributed by atoms with van der Waals surface area (Å²) >= 11 is 9.90. The Balaban J connectivity index is 3.35. The summed E-state index contributed by atoms with van der Waals surface area (Å²) in [6, 6.07) is 3.41. The van der Waals surface area contributed by atoms with Crippen LogP contribution in [0.1, 0.15) is 0 Å². The second-order valence-corrected chi connectivity index (χ2v) is 4.33. The number of benzene rings is 1. The minimum atomic E-state index is 0.506. The molecule has 1 aromatic carbocycles. The molecule has 0 fully saturated rings. The van der Waals surface area contributed by atoms with Gasteiger partial charge in [-0.1, -0.05) is 0 Å². The van der Waals surface area contributed by atoms with Crippen molar-refractivity contribution in [2.75, 3.05) is 0 Å². The Morgan fingerprint density at radius 1 is 1.09 bits per heavy atom. The monoisotopic (exact) mass is 339 g/mol. The molecule has 0 radical (unpaired) electrons. The van der Waals surface area contributed by atoms with Crippen LogP contribution in [0.25, 0.3) is 4.98 Å². The lowest BCUT2D eigenvalue weighted by Crippen LogP contribution is -1.71. The molecule has 0 amide bonds. The Morgan fingerprint density at radius 2 is 1.55 bits per heavy atom. The molecule has 0 aliphatic carbocycles. The maximum atomic E-state index is 8.45. The van der Waals surface area contributed by atoms with E-state index >= 15 is 0 Å². The van der Waals surface area contributed by atoms with Crippen LogP contribution in [-0.4, -0.2) is 0 Å². The van der Waals surface area contributed by atoms with Crippen molar-refractivity contribution >= 4 is 53.5 Å². The molecule has 0 spiro atoms. The summed E-state index contributed by atoms with van der Waals surface area (Å²) < 4.78 is 2.60. The maximum Gasteiger partial charge on any atom is 0.387 e. The summed E-state index contributed by atoms with van der Waals surface area (Å²) in [5.41, 5.74) is 0.506. The Morgan fingerprint density at radius 3 is 1.91 bits per heavy atom. The molecule has 1 rings (SSSR count). The lowest BCUT2D eigenvalue weighted by atomic mass is 10.3. The maximum absolute atomic E-state index is 8.45. The molecule has 1 aromatic rings. The standard InChI is InChI=1S/C6H2Br3N2/c7-4-1-3(11-10)2-5(8)6(4)9/h1-2H/q+1. The van der Waals surface area contributed by atoms with Crippen LogP contribution < -0.4 is 0 Å². The van der Waals surface area contributed by atoms with E-state index in [-0.39, 0.29) is 0 Å². The fourth-order valence-electron chi connectivity index (χ4n) is 0.600. The quantitative estimate of drug-likeness (QED) is 0.506. The van der Waals surface area contributed by atoms with E-state index in [2.05, 4.69) is 52.8 Å². The van der Waals surface area contributed by atoms with Crippen molar-refractivity contribution in [3.63, 3.8) is 0 Å². The third-order valence-electron chi connectivity index (χ3n) is 1.08. The van der Waals surface area contributed by atoms with Gasteiger partial charge in [0.2, 0.25) is 5.39 Å². The van der Waals surface area contributed by atoms with E-state index in [4.69, 9.17) is 5.39 Å². The van der Waals surface area contributed by atoms with Gasteiger partial charge in [0.05, 0.1) is 0 Å². The molecule has 0 saturated heterocycles. The normalized spacial score (nSPS) is 9.27. The van der Waals surface area contributed by atoms with Crippen molar-refractivity contribution in [1.29, 1.82) is 5.39 Å². The molecule has 0 aliphatic rings. The number of rotatable bonds is 0. The minimum absolute atomic E-state index is 0.506. The van der Waals surface area contributed by atoms with Crippen LogP contribution in [-0.2, 0) is 0 Å². The highest BCUT2D eigenvalue weighted by Gasteiger charge is 2.11. The van der Waals surface area contributed by atoms with Gasteiger partial charge in [-0.05, 0) is 47.8 Å². The van der Waals surface area contributed by atoms with Crippen LogP contribution in [0.2, 0.25) is 0 Å². The fourth-order valence-corrected chi connectivity index (χ4v) is 1.99. The molecule has 11 heavy (non-hydrogen) atoms. The molecule has 0 heterocycles. The van der Waals surface area contributed by atoms with E-state index in [1.54, 1.807) is 12.1 Å². The third-order valence-corrected chi connectivity index (χ3v) is 4.25. The Kier molecular flexibility index (Phi) is 3.05. The predicted molar refractivity (Wildman–Crippen MR) is 54.3 cm³/mol. The average Bonchev–Trinajstić information content (AvgIpc) is 1.99. The third kappa shape index (κ3) is 2.01. The van der Waals surface area contributed by atoms with Crippen molar-refractivity contribution in [2.45, 2.75) is 0 Å². The SMILES string of the molecule is N#[N+]c1cc(Br)c(Br)c(Br)c1. The lowest BCUT2D eigenvalue weighted by Gasteiger charge is -1.94. The second kappa shape index (κ2) is 3.65. The van der Waals surface area contributed by atoms with Crippen LogP contribution >= 0.6 is 47.8 Å². The van der Waals surface area contributed by atoms with Crippen LogP contribution in [0.15, 0.2) is 25.6 Å². The molecule has 0 bridgehead atoms. The number of hydrogen-bond acceptors (Lipinski definition) is 1. The smallest absolute Gasteiger partial charge is 0.0493 e. The van der Waals surface area contributed by atoms with Crippen molar-refractivity contribution in [1.82, 2.24) is 0 Å². The molecule has 0 aromatic heterocycles. The van der Waals surface area contributed by atoms with Gasteiger partial charge in [-0.2, -0.15) is 0 Å². The van der Waals surface area contributed by atoms with Gasteiger partial charge in [-0.15, -0.1) is 0 Å². The molecule has 0 saturated carbocycles. The van der Waals surface area contributed by atoms with Crippen LogP contribution in [0.5, 0.6) is 0 Å². The molecule has 56 valence electrons. The van der Waals surface area contributed by atoms with Crippen molar-refractivity contribution in [3.05, 3.63) is 30.5 Å². The van der Waals surface area contributed by atoms with E-state index in [1.807, 2.05) is 0 Å². The lowest BCUT2D eigenvalue weighted by molar-refractivity contribution is 1.44. The highest BCUT2D eigenvalue weighted by molar-refractivity contribution is 9.14. The Labute approximate surface area is 89.0 Å². The van der Waals surface area contributed by atoms with Gasteiger partial charge in [0.1, 0.15) is 0 Å². The summed E-state index contributed by atoms with van der Waals surface area (Å²) in [5, 5.41) is 8.45. The van der Waals surface area contributed by atoms with Gasteiger partial charge in [0, 0.05) is 25.6 Å². The number of nitrogens with zero attached hydrogens (tertiary/aromatic N) is 2. The molecule has 0 unspecified atom stereocenters. The van der Waals surface area contributed by atoms with Gasteiger partial charge >= 0.3 is 5.69 Å². The molecular formula is C6H2Br3N2+. The molecule has 2 nitrogen and oxygen atoms in total. The molecule has 0 aliphatic heterocycles. The first kappa shape index (κ1) is 9.17. The number of hydrogen-bond donors (Lipinski definition) is 0. The van der Waals surface area contributed by atoms with E-state index in [9.17, 15) is 0 Å². The first-order chi connectivity index (χ1) is 5.15. The highest BCUT2D eigenvalue weighted by Crippen LogP contribution is 2.34. The molecule has 0 atom stereocenters. The summed E-state index contributed by atoms with van der Waals surface area (Å²) in [4.78, 5) is 3.05. The second-order valence-electron chi connectivity index (χ2n) is 1.82. The Hall–Kier alpha value is 0.0800. The first-order valence-electron chi connectivity index (χ1n) is 2.65.